The molecule has 3 N–H and O–H groups in total. The van der Waals surface area contributed by atoms with Gasteiger partial charge in [0.25, 0.3) is 0 Å². The number of rotatable bonds is 2. The first-order valence-corrected chi connectivity index (χ1v) is 4.67. The highest BCUT2D eigenvalue weighted by Gasteiger charge is 2.36. The van der Waals surface area contributed by atoms with E-state index in [0.717, 1.165) is 19.4 Å². The van der Waals surface area contributed by atoms with Crippen LogP contribution in [0.1, 0.15) is 26.2 Å². The number of carbonyl (C=O) groups is 1. The molecule has 0 spiro atoms. The SMILES string of the molecule is COC(=O)CC1(N)CCCNC1C. The Morgan fingerprint density at radius 2 is 2.46 bits per heavy atom. The van der Waals surface area contributed by atoms with Gasteiger partial charge in [-0.25, -0.2) is 0 Å². The summed E-state index contributed by atoms with van der Waals surface area (Å²) in [7, 11) is 1.40. The average Bonchev–Trinajstić information content (AvgIpc) is 2.10. The van der Waals surface area contributed by atoms with Crippen molar-refractivity contribution in [2.24, 2.45) is 5.73 Å². The first-order chi connectivity index (χ1) is 6.08. The third-order valence-corrected chi connectivity index (χ3v) is 2.83. The highest BCUT2D eigenvalue weighted by Crippen LogP contribution is 2.22. The summed E-state index contributed by atoms with van der Waals surface area (Å²) in [6, 6.07) is 0.181. The van der Waals surface area contributed by atoms with Gasteiger partial charge in [-0.2, -0.15) is 0 Å². The number of methoxy groups -OCH3 is 1. The van der Waals surface area contributed by atoms with Crippen molar-refractivity contribution in [3.63, 3.8) is 0 Å². The lowest BCUT2D eigenvalue weighted by Gasteiger charge is -2.39. The molecule has 1 fully saturated rings. The molecule has 2 atom stereocenters. The molecule has 0 aromatic heterocycles. The van der Waals surface area contributed by atoms with Gasteiger partial charge in [0.2, 0.25) is 0 Å². The van der Waals surface area contributed by atoms with Crippen LogP contribution in [0.3, 0.4) is 0 Å². The maximum atomic E-state index is 11.1. The first kappa shape index (κ1) is 10.5. The molecule has 0 aromatic carbocycles. The number of hydrogen-bond acceptors (Lipinski definition) is 4. The third-order valence-electron chi connectivity index (χ3n) is 2.83. The fraction of sp³-hybridized carbons (Fsp3) is 0.889. The highest BCUT2D eigenvalue weighted by molar-refractivity contribution is 5.70. The van der Waals surface area contributed by atoms with E-state index in [0.29, 0.717) is 6.42 Å². The first-order valence-electron chi connectivity index (χ1n) is 4.67. The molecule has 1 aliphatic rings. The fourth-order valence-electron chi connectivity index (χ4n) is 1.74. The van der Waals surface area contributed by atoms with E-state index in [1.54, 1.807) is 0 Å². The lowest BCUT2D eigenvalue weighted by Crippen LogP contribution is -2.60. The highest BCUT2D eigenvalue weighted by atomic mass is 16.5. The second kappa shape index (κ2) is 4.07. The Morgan fingerprint density at radius 1 is 1.77 bits per heavy atom. The number of piperidine rings is 1. The monoisotopic (exact) mass is 186 g/mol. The summed E-state index contributed by atoms with van der Waals surface area (Å²) in [5.41, 5.74) is 5.69. The molecule has 1 saturated heterocycles. The zero-order chi connectivity index (χ0) is 9.90. The number of nitrogens with two attached hydrogens (primary N) is 1. The van der Waals surface area contributed by atoms with Crippen molar-refractivity contribution in [2.45, 2.75) is 37.8 Å². The predicted molar refractivity (Wildman–Crippen MR) is 50.3 cm³/mol. The Labute approximate surface area is 78.8 Å². The van der Waals surface area contributed by atoms with Gasteiger partial charge in [0.1, 0.15) is 0 Å². The summed E-state index contributed by atoms with van der Waals surface area (Å²) in [5, 5.41) is 3.27. The normalized spacial score (nSPS) is 34.2. The van der Waals surface area contributed by atoms with Crippen LogP contribution in [0.2, 0.25) is 0 Å². The van der Waals surface area contributed by atoms with Crippen LogP contribution in [0.15, 0.2) is 0 Å². The van der Waals surface area contributed by atoms with Gasteiger partial charge in [-0.05, 0) is 26.3 Å². The number of nitrogens with one attached hydrogen (secondary N) is 1. The lowest BCUT2D eigenvalue weighted by molar-refractivity contribution is -0.142. The predicted octanol–water partition coefficient (Wildman–Crippen LogP) is 0.0189. The lowest BCUT2D eigenvalue weighted by atomic mass is 9.81. The molecule has 0 aliphatic carbocycles. The summed E-state index contributed by atoms with van der Waals surface area (Å²) in [6.07, 6.45) is 2.21. The van der Waals surface area contributed by atoms with Crippen molar-refractivity contribution in [1.82, 2.24) is 5.32 Å². The zero-order valence-electron chi connectivity index (χ0n) is 8.30. The number of ether oxygens (including phenoxy) is 1. The van der Waals surface area contributed by atoms with Gasteiger partial charge >= 0.3 is 5.97 Å². The molecular formula is C9H18N2O2. The van der Waals surface area contributed by atoms with Gasteiger partial charge in [-0.3, -0.25) is 4.79 Å². The Kier molecular flexibility index (Phi) is 3.27. The molecule has 0 aromatic rings. The summed E-state index contributed by atoms with van der Waals surface area (Å²) in [4.78, 5) is 11.1. The summed E-state index contributed by atoms with van der Waals surface area (Å²) < 4.78 is 4.62. The standard InChI is InChI=1S/C9H18N2O2/c1-7-9(10,4-3-5-11-7)6-8(12)13-2/h7,11H,3-6,10H2,1-2H3. The van der Waals surface area contributed by atoms with Crippen molar-refractivity contribution in [3.05, 3.63) is 0 Å². The molecule has 0 saturated carbocycles. The third kappa shape index (κ3) is 2.42. The van der Waals surface area contributed by atoms with E-state index in [9.17, 15) is 4.79 Å². The molecule has 1 rings (SSSR count). The minimum atomic E-state index is -0.425. The minimum Gasteiger partial charge on any atom is -0.469 e. The molecule has 4 heteroatoms. The van der Waals surface area contributed by atoms with Crippen LogP contribution in [0.5, 0.6) is 0 Å². The van der Waals surface area contributed by atoms with Crippen LogP contribution in [0, 0.1) is 0 Å². The van der Waals surface area contributed by atoms with Crippen molar-refractivity contribution in [2.75, 3.05) is 13.7 Å². The molecule has 4 nitrogen and oxygen atoms in total. The molecule has 0 bridgehead atoms. The summed E-state index contributed by atoms with van der Waals surface area (Å²) in [6.45, 7) is 3.00. The van der Waals surface area contributed by atoms with E-state index >= 15 is 0 Å². The van der Waals surface area contributed by atoms with E-state index < -0.39 is 5.54 Å². The Balaban J connectivity index is 2.56. The Bertz CT molecular complexity index is 196. The van der Waals surface area contributed by atoms with E-state index in [2.05, 4.69) is 10.1 Å². The van der Waals surface area contributed by atoms with Crippen LogP contribution in [0.25, 0.3) is 0 Å². The van der Waals surface area contributed by atoms with Crippen molar-refractivity contribution < 1.29 is 9.53 Å². The Hall–Kier alpha value is -0.610. The van der Waals surface area contributed by atoms with Crippen LogP contribution < -0.4 is 11.1 Å². The van der Waals surface area contributed by atoms with Gasteiger partial charge in [0, 0.05) is 11.6 Å². The minimum absolute atomic E-state index is 0.181. The zero-order valence-corrected chi connectivity index (χ0v) is 8.30. The Morgan fingerprint density at radius 3 is 3.00 bits per heavy atom. The van der Waals surface area contributed by atoms with E-state index in [-0.39, 0.29) is 12.0 Å². The van der Waals surface area contributed by atoms with E-state index in [1.807, 2.05) is 6.92 Å². The van der Waals surface area contributed by atoms with Gasteiger partial charge in [-0.15, -0.1) is 0 Å². The number of hydrogen-bond donors (Lipinski definition) is 2. The quantitative estimate of drug-likeness (QED) is 0.597. The summed E-state index contributed by atoms with van der Waals surface area (Å²) >= 11 is 0. The molecular weight excluding hydrogens is 168 g/mol. The van der Waals surface area contributed by atoms with Crippen molar-refractivity contribution >= 4 is 5.97 Å². The molecule has 2 unspecified atom stereocenters. The van der Waals surface area contributed by atoms with Gasteiger partial charge < -0.3 is 15.8 Å². The maximum absolute atomic E-state index is 11.1. The van der Waals surface area contributed by atoms with Crippen LogP contribution >= 0.6 is 0 Å². The van der Waals surface area contributed by atoms with E-state index in [1.165, 1.54) is 7.11 Å². The molecule has 1 heterocycles. The van der Waals surface area contributed by atoms with Gasteiger partial charge in [-0.1, -0.05) is 0 Å². The van der Waals surface area contributed by atoms with Crippen molar-refractivity contribution in [1.29, 1.82) is 0 Å². The second-order valence-corrected chi connectivity index (χ2v) is 3.77. The van der Waals surface area contributed by atoms with Crippen LogP contribution in [-0.4, -0.2) is 31.2 Å². The molecule has 13 heavy (non-hydrogen) atoms. The molecule has 0 radical (unpaired) electrons. The molecule has 76 valence electrons. The average molecular weight is 186 g/mol. The van der Waals surface area contributed by atoms with Crippen molar-refractivity contribution in [3.8, 4) is 0 Å². The van der Waals surface area contributed by atoms with Crippen LogP contribution in [-0.2, 0) is 9.53 Å². The van der Waals surface area contributed by atoms with Crippen LogP contribution in [0.4, 0.5) is 0 Å². The number of carbonyl (C=O) groups excluding carboxylic acids is 1. The largest absolute Gasteiger partial charge is 0.469 e. The van der Waals surface area contributed by atoms with Gasteiger partial charge in [0.15, 0.2) is 0 Å². The number of esters is 1. The van der Waals surface area contributed by atoms with E-state index in [4.69, 9.17) is 5.73 Å². The molecule has 1 aliphatic heterocycles. The maximum Gasteiger partial charge on any atom is 0.307 e. The van der Waals surface area contributed by atoms with Gasteiger partial charge in [0.05, 0.1) is 13.5 Å². The smallest absolute Gasteiger partial charge is 0.307 e. The second-order valence-electron chi connectivity index (χ2n) is 3.77. The topological polar surface area (TPSA) is 64.3 Å². The molecule has 0 amide bonds. The fourth-order valence-corrected chi connectivity index (χ4v) is 1.74. The summed E-state index contributed by atoms with van der Waals surface area (Å²) in [5.74, 6) is -0.224.